The SMILES string of the molecule is COc1ccccc1C(=O)C(F)(F)C(F)(F)C(F)(F)C(F)(F)F. The predicted octanol–water partition coefficient (Wildman–Crippen LogP) is 4.35. The van der Waals surface area contributed by atoms with Crippen LogP contribution in [0.1, 0.15) is 10.4 Å². The van der Waals surface area contributed by atoms with Crippen LogP contribution in [0.25, 0.3) is 0 Å². The highest BCUT2D eigenvalue weighted by Crippen LogP contribution is 2.54. The van der Waals surface area contributed by atoms with Gasteiger partial charge in [-0.3, -0.25) is 4.79 Å². The molecule has 0 bridgehead atoms. The number of carbonyl (C=O) groups is 1. The molecule has 0 atom stereocenters. The van der Waals surface area contributed by atoms with Crippen molar-refractivity contribution in [2.24, 2.45) is 0 Å². The highest BCUT2D eigenvalue weighted by atomic mass is 19.4. The highest BCUT2D eigenvalue weighted by Gasteiger charge is 2.83. The molecule has 0 saturated carbocycles. The Balaban J connectivity index is 3.42. The lowest BCUT2D eigenvalue weighted by molar-refractivity contribution is -0.386. The van der Waals surface area contributed by atoms with Gasteiger partial charge in [0.25, 0.3) is 0 Å². The van der Waals surface area contributed by atoms with Crippen LogP contribution in [0.5, 0.6) is 5.75 Å². The van der Waals surface area contributed by atoms with Crippen LogP contribution < -0.4 is 4.74 Å². The van der Waals surface area contributed by atoms with Crippen LogP contribution in [-0.2, 0) is 0 Å². The van der Waals surface area contributed by atoms with E-state index in [0.717, 1.165) is 25.3 Å². The van der Waals surface area contributed by atoms with Crippen molar-refractivity contribution in [1.82, 2.24) is 0 Å². The molecule has 2 nitrogen and oxygen atoms in total. The summed E-state index contributed by atoms with van der Waals surface area (Å²) in [7, 11) is 0.854. The molecule has 11 heteroatoms. The molecule has 0 N–H and O–H groups in total. The van der Waals surface area contributed by atoms with Crippen LogP contribution in [0.4, 0.5) is 39.5 Å². The van der Waals surface area contributed by atoms with Crippen molar-refractivity contribution in [1.29, 1.82) is 0 Å². The molecule has 0 aromatic heterocycles. The van der Waals surface area contributed by atoms with E-state index in [1.54, 1.807) is 0 Å². The summed E-state index contributed by atoms with van der Waals surface area (Å²) in [6.45, 7) is 0. The number of rotatable bonds is 5. The molecule has 0 radical (unpaired) electrons. The molecule has 0 aliphatic carbocycles. The van der Waals surface area contributed by atoms with Gasteiger partial charge >= 0.3 is 23.9 Å². The number of alkyl halides is 9. The normalized spacial score (nSPS) is 13.8. The third kappa shape index (κ3) is 2.83. The molecule has 0 saturated heterocycles. The monoisotopic (exact) mass is 354 g/mol. The average molecular weight is 354 g/mol. The maximum absolute atomic E-state index is 13.5. The van der Waals surface area contributed by atoms with Crippen LogP contribution in [0.2, 0.25) is 0 Å². The van der Waals surface area contributed by atoms with Crippen molar-refractivity contribution >= 4 is 5.78 Å². The van der Waals surface area contributed by atoms with Crippen molar-refractivity contribution in [2.75, 3.05) is 7.11 Å². The Morgan fingerprint density at radius 1 is 0.870 bits per heavy atom. The van der Waals surface area contributed by atoms with Gasteiger partial charge in [0.15, 0.2) is 0 Å². The zero-order valence-corrected chi connectivity index (χ0v) is 11.0. The number of halogens is 9. The van der Waals surface area contributed by atoms with Gasteiger partial charge in [0.05, 0.1) is 12.7 Å². The van der Waals surface area contributed by atoms with Gasteiger partial charge in [-0.05, 0) is 12.1 Å². The lowest BCUT2D eigenvalue weighted by Crippen LogP contribution is -2.63. The topological polar surface area (TPSA) is 26.3 Å². The smallest absolute Gasteiger partial charge is 0.460 e. The second-order valence-electron chi connectivity index (χ2n) is 4.25. The van der Waals surface area contributed by atoms with E-state index in [2.05, 4.69) is 4.74 Å². The van der Waals surface area contributed by atoms with Gasteiger partial charge in [-0.2, -0.15) is 39.5 Å². The third-order valence-corrected chi connectivity index (χ3v) is 2.78. The van der Waals surface area contributed by atoms with E-state index < -0.39 is 41.0 Å². The van der Waals surface area contributed by atoms with Gasteiger partial charge in [0.2, 0.25) is 5.78 Å². The van der Waals surface area contributed by atoms with Crippen molar-refractivity contribution in [3.05, 3.63) is 29.8 Å². The molecular weight excluding hydrogens is 347 g/mol. The Morgan fingerprint density at radius 3 is 1.78 bits per heavy atom. The summed E-state index contributed by atoms with van der Waals surface area (Å²) in [5.74, 6) is -24.1. The van der Waals surface area contributed by atoms with Crippen molar-refractivity contribution in [3.63, 3.8) is 0 Å². The summed E-state index contributed by atoms with van der Waals surface area (Å²) < 4.78 is 119. The molecule has 0 heterocycles. The molecular formula is C12H7F9O2. The number of carbonyl (C=O) groups excluding carboxylic acids is 1. The fourth-order valence-corrected chi connectivity index (χ4v) is 1.52. The number of para-hydroxylation sites is 1. The zero-order valence-electron chi connectivity index (χ0n) is 11.0. The molecule has 1 aromatic rings. The van der Waals surface area contributed by atoms with E-state index in [4.69, 9.17) is 0 Å². The fraction of sp³-hybridized carbons (Fsp3) is 0.417. The van der Waals surface area contributed by atoms with Gasteiger partial charge in [-0.15, -0.1) is 0 Å². The molecule has 0 aliphatic heterocycles. The highest BCUT2D eigenvalue weighted by molar-refractivity contribution is 6.04. The van der Waals surface area contributed by atoms with Crippen LogP contribution in [0, 0.1) is 0 Å². The first kappa shape index (κ1) is 19.1. The lowest BCUT2D eigenvalue weighted by atomic mass is 9.95. The van der Waals surface area contributed by atoms with E-state index in [-0.39, 0.29) is 0 Å². The summed E-state index contributed by atoms with van der Waals surface area (Å²) in [6, 6.07) is 3.43. The summed E-state index contributed by atoms with van der Waals surface area (Å²) in [5.41, 5.74) is -1.27. The van der Waals surface area contributed by atoms with E-state index in [1.807, 2.05) is 0 Å². The quantitative estimate of drug-likeness (QED) is 0.581. The van der Waals surface area contributed by atoms with Gasteiger partial charge in [-0.1, -0.05) is 12.1 Å². The molecule has 0 spiro atoms. The first-order valence-electron chi connectivity index (χ1n) is 5.59. The molecule has 1 rings (SSSR count). The van der Waals surface area contributed by atoms with E-state index in [1.165, 1.54) is 0 Å². The zero-order chi connectivity index (χ0) is 18.3. The number of hydrogen-bond acceptors (Lipinski definition) is 2. The second kappa shape index (κ2) is 5.60. The number of ether oxygens (including phenoxy) is 1. The number of methoxy groups -OCH3 is 1. The molecule has 23 heavy (non-hydrogen) atoms. The van der Waals surface area contributed by atoms with E-state index >= 15 is 0 Å². The Kier molecular flexibility index (Phi) is 4.66. The van der Waals surface area contributed by atoms with Crippen LogP contribution in [0.15, 0.2) is 24.3 Å². The summed E-state index contributed by atoms with van der Waals surface area (Å²) in [5, 5.41) is 0. The molecule has 0 unspecified atom stereocenters. The maximum atomic E-state index is 13.5. The first-order valence-corrected chi connectivity index (χ1v) is 5.59. The first-order chi connectivity index (χ1) is 10.2. The molecule has 130 valence electrons. The molecule has 0 aliphatic rings. The van der Waals surface area contributed by atoms with Crippen molar-refractivity contribution < 1.29 is 49.0 Å². The fourth-order valence-electron chi connectivity index (χ4n) is 1.52. The van der Waals surface area contributed by atoms with Crippen LogP contribution >= 0.6 is 0 Å². The van der Waals surface area contributed by atoms with Gasteiger partial charge < -0.3 is 4.74 Å². The Bertz CT molecular complexity index is 592. The summed E-state index contributed by atoms with van der Waals surface area (Å²) in [4.78, 5) is 11.5. The van der Waals surface area contributed by atoms with Crippen molar-refractivity contribution in [2.45, 2.75) is 23.9 Å². The average Bonchev–Trinajstić information content (AvgIpc) is 2.44. The summed E-state index contributed by atoms with van der Waals surface area (Å²) in [6.07, 6.45) is -6.99. The largest absolute Gasteiger partial charge is 0.496 e. The number of hydrogen-bond donors (Lipinski definition) is 0. The van der Waals surface area contributed by atoms with Crippen LogP contribution in [-0.4, -0.2) is 36.8 Å². The number of ketones is 1. The van der Waals surface area contributed by atoms with E-state index in [0.29, 0.717) is 6.07 Å². The lowest BCUT2D eigenvalue weighted by Gasteiger charge is -2.32. The van der Waals surface area contributed by atoms with Gasteiger partial charge in [-0.25, -0.2) is 0 Å². The summed E-state index contributed by atoms with van der Waals surface area (Å²) >= 11 is 0. The number of benzene rings is 1. The minimum atomic E-state index is -7.12. The minimum absolute atomic E-state index is 0.525. The van der Waals surface area contributed by atoms with Crippen LogP contribution in [0.3, 0.4) is 0 Å². The minimum Gasteiger partial charge on any atom is -0.496 e. The maximum Gasteiger partial charge on any atom is 0.460 e. The molecule has 1 aromatic carbocycles. The third-order valence-electron chi connectivity index (χ3n) is 2.78. The van der Waals surface area contributed by atoms with Gasteiger partial charge in [0.1, 0.15) is 5.75 Å². The van der Waals surface area contributed by atoms with Crippen molar-refractivity contribution in [3.8, 4) is 5.75 Å². The Labute approximate surface area is 122 Å². The number of Topliss-reactive ketones (excluding diaryl/α,β-unsaturated/α-hetero) is 1. The molecule has 0 fully saturated rings. The Morgan fingerprint density at radius 2 is 1.35 bits per heavy atom. The standard InChI is InChI=1S/C12H7F9O2/c1-23-7-5-3-2-4-6(7)8(22)9(13,14)10(15,16)11(17,18)12(19,20)21/h2-5H,1H3. The Hall–Kier alpha value is -1.94. The van der Waals surface area contributed by atoms with Gasteiger partial charge in [0, 0.05) is 0 Å². The predicted molar refractivity (Wildman–Crippen MR) is 58.2 cm³/mol. The van der Waals surface area contributed by atoms with E-state index in [9.17, 15) is 44.3 Å². The second-order valence-corrected chi connectivity index (χ2v) is 4.25. The molecule has 0 amide bonds.